The van der Waals surface area contributed by atoms with Crippen molar-refractivity contribution in [2.45, 2.75) is 30.7 Å². The number of phenolic OH excluding ortho intramolecular Hbond substituents is 7. The van der Waals surface area contributed by atoms with Crippen molar-refractivity contribution in [3.05, 3.63) is 41.0 Å². The van der Waals surface area contributed by atoms with Crippen molar-refractivity contribution in [3.8, 4) is 40.2 Å². The van der Waals surface area contributed by atoms with E-state index in [0.29, 0.717) is 0 Å². The van der Waals surface area contributed by atoms with Gasteiger partial charge in [-0.15, -0.1) is 0 Å². The monoisotopic (exact) mass is 616 g/mol. The summed E-state index contributed by atoms with van der Waals surface area (Å²) in [4.78, 5) is 39.9. The van der Waals surface area contributed by atoms with Gasteiger partial charge in [0.1, 0.15) is 12.2 Å². The molecular weight excluding hydrogens is 596 g/mol. The summed E-state index contributed by atoms with van der Waals surface area (Å²) >= 11 is 0. The number of fused-ring (bicyclic) bond motifs is 2. The number of aliphatic hydroxyl groups is 2. The van der Waals surface area contributed by atoms with Crippen LogP contribution < -0.4 is 0 Å². The Morgan fingerprint density at radius 1 is 0.727 bits per heavy atom. The van der Waals surface area contributed by atoms with E-state index in [1.807, 2.05) is 0 Å². The minimum Gasteiger partial charge on any atom is -0.504 e. The summed E-state index contributed by atoms with van der Waals surface area (Å²) in [6, 6.07) is 2.91. The first-order valence-corrected chi connectivity index (χ1v) is 12.5. The second-order valence-corrected chi connectivity index (χ2v) is 9.82. The Balaban J connectivity index is 1.50. The van der Waals surface area contributed by atoms with Crippen LogP contribution in [0.15, 0.2) is 28.7 Å². The van der Waals surface area contributed by atoms with Gasteiger partial charge in [0, 0.05) is 10.8 Å². The molecule has 6 rings (SSSR count). The topological polar surface area (TPSA) is 283 Å². The van der Waals surface area contributed by atoms with Gasteiger partial charge in [0.05, 0.1) is 23.3 Å². The Labute approximate surface area is 242 Å². The van der Waals surface area contributed by atoms with E-state index < -0.39 is 129 Å². The van der Waals surface area contributed by atoms with Gasteiger partial charge in [-0.1, -0.05) is 0 Å². The maximum absolute atomic E-state index is 13.6. The molecule has 0 unspecified atom stereocenters. The van der Waals surface area contributed by atoms with Crippen molar-refractivity contribution in [2.24, 2.45) is 0 Å². The van der Waals surface area contributed by atoms with Crippen LogP contribution in [0.1, 0.15) is 31.1 Å². The van der Waals surface area contributed by atoms with E-state index in [4.69, 9.17) is 23.4 Å². The van der Waals surface area contributed by atoms with Gasteiger partial charge < -0.3 is 69.3 Å². The van der Waals surface area contributed by atoms with Crippen LogP contribution in [0.3, 0.4) is 0 Å². The molecule has 230 valence electrons. The molecule has 17 heteroatoms. The lowest BCUT2D eigenvalue weighted by Gasteiger charge is -2.42. The molecule has 1 aromatic heterocycles. The summed E-state index contributed by atoms with van der Waals surface area (Å²) < 4.78 is 27.0. The smallest absolute Gasteiger partial charge is 0.340 e. The average Bonchev–Trinajstić information content (AvgIpc) is 3.38. The van der Waals surface area contributed by atoms with Crippen molar-refractivity contribution in [2.75, 3.05) is 6.61 Å². The highest BCUT2D eigenvalue weighted by Crippen LogP contribution is 2.48. The number of rotatable bonds is 3. The number of hydrogen-bond acceptors (Lipinski definition) is 17. The van der Waals surface area contributed by atoms with Gasteiger partial charge in [-0.3, -0.25) is 0 Å². The van der Waals surface area contributed by atoms with Crippen molar-refractivity contribution in [1.29, 1.82) is 0 Å². The largest absolute Gasteiger partial charge is 0.504 e. The molecule has 2 aliphatic heterocycles. The Hall–Kier alpha value is -5.65. The minimum atomic E-state index is -2.08. The van der Waals surface area contributed by atoms with E-state index in [-0.39, 0.29) is 5.39 Å². The van der Waals surface area contributed by atoms with E-state index in [1.165, 1.54) is 0 Å². The van der Waals surface area contributed by atoms with Crippen LogP contribution in [0.5, 0.6) is 40.2 Å². The van der Waals surface area contributed by atoms with Gasteiger partial charge in [0.25, 0.3) is 0 Å². The number of aromatic hydroxyl groups is 7. The Bertz CT molecular complexity index is 1870. The summed E-state index contributed by atoms with van der Waals surface area (Å²) in [5.41, 5.74) is -2.90. The summed E-state index contributed by atoms with van der Waals surface area (Å²) in [7, 11) is 0. The highest BCUT2D eigenvalue weighted by Gasteiger charge is 2.52. The lowest BCUT2D eigenvalue weighted by atomic mass is 9.98. The van der Waals surface area contributed by atoms with E-state index in [9.17, 15) is 60.3 Å². The van der Waals surface area contributed by atoms with Gasteiger partial charge in [0.15, 0.2) is 52.1 Å². The van der Waals surface area contributed by atoms with E-state index in [2.05, 4.69) is 0 Å². The normalized spacial score (nSPS) is 23.3. The molecule has 5 atom stereocenters. The Kier molecular flexibility index (Phi) is 6.45. The number of carbonyl (C=O) groups is 3. The maximum atomic E-state index is 13.6. The average molecular weight is 616 g/mol. The second-order valence-electron chi connectivity index (χ2n) is 9.82. The van der Waals surface area contributed by atoms with Gasteiger partial charge in [0.2, 0.25) is 17.8 Å². The Morgan fingerprint density at radius 3 is 1.70 bits per heavy atom. The predicted molar refractivity (Wildman–Crippen MR) is 137 cm³/mol. The zero-order chi connectivity index (χ0) is 31.8. The molecule has 2 bridgehead atoms. The SMILES string of the molecule is O=C(O[C@@H]1O[C@H](CO)[C@@H]2OC(=O)c3cc(O)c(O)c4oc5c(O)c(O)cc(c5c34)C(=O)O[C@H]1[C@@H]2O)c1cc(O)c(O)c(O)c1. The summed E-state index contributed by atoms with van der Waals surface area (Å²) in [5.74, 6) is -10.4. The number of carbonyl (C=O) groups excluding carboxylic acids is 3. The molecule has 44 heavy (non-hydrogen) atoms. The molecule has 0 aliphatic carbocycles. The maximum Gasteiger partial charge on any atom is 0.340 e. The molecule has 1 saturated heterocycles. The standard InChI is InChI=1S/C27H20O17/c28-5-13-20-19(36)23(27(40-13)44-24(37)6-1-9(29)16(33)10(30)2-6)43-26(39)8-4-12(32)18(35)22-15(8)14-7(25(38)42-20)3-11(31)17(34)21(14)41-22/h1-4,13,19-20,23,27-36H,5H2/t13-,19-,20+,23+,27+/m1/s1. The minimum absolute atomic E-state index is 0.370. The Morgan fingerprint density at radius 2 is 1.20 bits per heavy atom. The van der Waals surface area contributed by atoms with Crippen LogP contribution in [-0.4, -0.2) is 101 Å². The van der Waals surface area contributed by atoms with Gasteiger partial charge in [-0.25, -0.2) is 14.4 Å². The fourth-order valence-electron chi connectivity index (χ4n) is 5.07. The summed E-state index contributed by atoms with van der Waals surface area (Å²) in [6.45, 7) is -0.960. The quantitative estimate of drug-likeness (QED) is 0.0861. The van der Waals surface area contributed by atoms with Gasteiger partial charge >= 0.3 is 17.9 Å². The van der Waals surface area contributed by atoms with Crippen LogP contribution >= 0.6 is 0 Å². The lowest BCUT2D eigenvalue weighted by molar-refractivity contribution is -0.283. The molecule has 4 aromatic rings. The van der Waals surface area contributed by atoms with Crippen molar-refractivity contribution in [3.63, 3.8) is 0 Å². The van der Waals surface area contributed by atoms with Crippen LogP contribution in [-0.2, 0) is 18.9 Å². The van der Waals surface area contributed by atoms with Crippen molar-refractivity contribution in [1.82, 2.24) is 0 Å². The number of furan rings is 1. The zero-order valence-corrected chi connectivity index (χ0v) is 21.7. The third-order valence-corrected chi connectivity index (χ3v) is 7.18. The fraction of sp³-hybridized carbons (Fsp3) is 0.222. The fourth-order valence-corrected chi connectivity index (χ4v) is 5.07. The number of esters is 3. The number of phenols is 7. The van der Waals surface area contributed by atoms with Gasteiger partial charge in [-0.05, 0) is 24.3 Å². The summed E-state index contributed by atoms with van der Waals surface area (Å²) in [5, 5.41) is 91.0. The van der Waals surface area contributed by atoms with E-state index in [1.54, 1.807) is 0 Å². The number of hydrogen-bond donors (Lipinski definition) is 9. The number of aliphatic hydroxyl groups excluding tert-OH is 2. The van der Waals surface area contributed by atoms with Crippen LogP contribution in [0.25, 0.3) is 21.9 Å². The first-order valence-electron chi connectivity index (χ1n) is 12.5. The highest BCUT2D eigenvalue weighted by molar-refractivity contribution is 6.23. The molecule has 0 amide bonds. The third kappa shape index (κ3) is 4.17. The molecule has 9 N–H and O–H groups in total. The lowest BCUT2D eigenvalue weighted by Crippen LogP contribution is -2.61. The molecule has 2 aliphatic rings. The van der Waals surface area contributed by atoms with Crippen LogP contribution in [0, 0.1) is 0 Å². The molecule has 0 saturated carbocycles. The summed E-state index contributed by atoms with van der Waals surface area (Å²) in [6.07, 6.45) is -9.60. The third-order valence-electron chi connectivity index (χ3n) is 7.18. The van der Waals surface area contributed by atoms with Crippen LogP contribution in [0.2, 0.25) is 0 Å². The highest BCUT2D eigenvalue weighted by atomic mass is 16.7. The number of ether oxygens (including phenoxy) is 4. The first-order chi connectivity index (χ1) is 20.8. The molecule has 3 heterocycles. The van der Waals surface area contributed by atoms with Crippen LogP contribution in [0.4, 0.5) is 0 Å². The zero-order valence-electron chi connectivity index (χ0n) is 21.7. The molecular formula is C27H20O17. The molecule has 0 radical (unpaired) electrons. The van der Waals surface area contributed by atoms with Crippen molar-refractivity contribution >= 4 is 39.8 Å². The van der Waals surface area contributed by atoms with Crippen molar-refractivity contribution < 1.29 is 83.7 Å². The molecule has 1 fully saturated rings. The molecule has 3 aromatic carbocycles. The van der Waals surface area contributed by atoms with Gasteiger partial charge in [-0.2, -0.15) is 0 Å². The predicted octanol–water partition coefficient (Wildman–Crippen LogP) is 0.525. The first kappa shape index (κ1) is 28.5. The van der Waals surface area contributed by atoms with E-state index >= 15 is 0 Å². The molecule has 0 spiro atoms. The molecule has 17 nitrogen and oxygen atoms in total. The van der Waals surface area contributed by atoms with E-state index in [0.717, 1.165) is 24.3 Å². The second kappa shape index (κ2) is 9.97. The number of benzene rings is 3.